The molecule has 4 saturated carbocycles. The summed E-state index contributed by atoms with van der Waals surface area (Å²) in [6.07, 6.45) is 10.9. The van der Waals surface area contributed by atoms with Gasteiger partial charge in [-0.1, -0.05) is 32.4 Å². The zero-order chi connectivity index (χ0) is 35.1. The second-order valence-electron chi connectivity index (χ2n) is 16.4. The van der Waals surface area contributed by atoms with E-state index in [1.54, 1.807) is 0 Å². The van der Waals surface area contributed by atoms with E-state index in [-0.39, 0.29) is 34.6 Å². The number of fused-ring (bicyclic) bond motifs is 5. The first-order chi connectivity index (χ1) is 22.8. The maximum absolute atomic E-state index is 12.7. The first-order valence-corrected chi connectivity index (χ1v) is 19.1. The second-order valence-corrected chi connectivity index (χ2v) is 16.4. The van der Waals surface area contributed by atoms with Gasteiger partial charge in [0.05, 0.1) is 6.10 Å². The van der Waals surface area contributed by atoms with Crippen LogP contribution in [-0.2, 0) is 14.3 Å². The van der Waals surface area contributed by atoms with Crippen LogP contribution in [0, 0.1) is 40.4 Å². The fraction of sp³-hybridized carbons (Fsp3) is 0.846. The monoisotopic (exact) mass is 673 g/mol. The van der Waals surface area contributed by atoms with E-state index < -0.39 is 18.2 Å². The number of rotatable bonds is 17. The molecule has 7 N–H and O–H groups in total. The average molecular weight is 673 g/mol. The zero-order valence-corrected chi connectivity index (χ0v) is 30.9. The first kappa shape index (κ1) is 39.0. The van der Waals surface area contributed by atoms with Crippen LogP contribution in [0.3, 0.4) is 0 Å². The summed E-state index contributed by atoms with van der Waals surface area (Å²) >= 11 is 0. The van der Waals surface area contributed by atoms with E-state index in [0.29, 0.717) is 49.1 Å². The molecular formula is C39H68N4O5. The van der Waals surface area contributed by atoms with Crippen molar-refractivity contribution < 1.29 is 24.5 Å². The molecule has 4 aliphatic rings. The lowest BCUT2D eigenvalue weighted by molar-refractivity contribution is -0.181. The van der Waals surface area contributed by atoms with Crippen molar-refractivity contribution in [3.8, 4) is 0 Å². The molecule has 0 heterocycles. The van der Waals surface area contributed by atoms with Gasteiger partial charge < -0.3 is 36.6 Å². The van der Waals surface area contributed by atoms with Gasteiger partial charge in [0, 0.05) is 18.5 Å². The lowest BCUT2D eigenvalue weighted by atomic mass is 9.41. The van der Waals surface area contributed by atoms with Gasteiger partial charge >= 0.3 is 11.9 Å². The summed E-state index contributed by atoms with van der Waals surface area (Å²) < 4.78 is 5.93. The summed E-state index contributed by atoms with van der Waals surface area (Å²) in [6, 6.07) is 0.490. The summed E-state index contributed by atoms with van der Waals surface area (Å²) in [5, 5.41) is 33.4. The first-order valence-electron chi connectivity index (χ1n) is 19.1. The molecule has 0 aliphatic heterocycles. The molecule has 0 aromatic rings. The molecule has 0 saturated heterocycles. The lowest BCUT2D eigenvalue weighted by Gasteiger charge is -2.64. The quantitative estimate of drug-likeness (QED) is 0.0533. The van der Waals surface area contributed by atoms with E-state index >= 15 is 0 Å². The van der Waals surface area contributed by atoms with Gasteiger partial charge in [-0.25, -0.2) is 4.79 Å². The molecule has 0 aromatic carbocycles. The number of carboxylic acid groups (broad SMARTS) is 1. The summed E-state index contributed by atoms with van der Waals surface area (Å²) in [7, 11) is 0. The standard InChI is InChI=1S/C39H68N4O5/c1-25(2)11-7-12-28(37(46)47)35-31-23-33(45)36-30(39(31,6)24-34(35)48-27(4)44)14-13-29-26(3)32(15-16-38(29,36)5)43-22-10-21-42-20-9-19-41-18-8-17-40/h11,26,29-34,36,41-43,45H,7-10,12-24,40H2,1-6H3,(H,46,47)/b35-28-/t26?,29?,30-,31?,32?,33?,34-,36?,38-,39+/m0/s1. The van der Waals surface area contributed by atoms with E-state index in [1.807, 2.05) is 13.8 Å². The number of allylic oxidation sites excluding steroid dienone is 2. The van der Waals surface area contributed by atoms with Crippen LogP contribution in [-0.4, -0.2) is 79.7 Å². The average Bonchev–Trinajstić information content (AvgIpc) is 3.29. The highest BCUT2D eigenvalue weighted by atomic mass is 16.5. The van der Waals surface area contributed by atoms with Gasteiger partial charge in [0.15, 0.2) is 0 Å². The lowest BCUT2D eigenvalue weighted by Crippen LogP contribution is -2.62. The molecule has 48 heavy (non-hydrogen) atoms. The smallest absolute Gasteiger partial charge is 0.331 e. The third-order valence-electron chi connectivity index (χ3n) is 13.0. The van der Waals surface area contributed by atoms with E-state index in [1.165, 1.54) is 6.92 Å². The SMILES string of the molecule is CC(=O)O[C@H]1C[C@@]2(C)C(CC(O)C3[C@@H]2CCC2C(C)C(NCCCNCCCNCCCN)CC[C@@]23C)/C1=C(\CCC=C(C)C)C(=O)O. The molecule has 0 aromatic heterocycles. The molecule has 0 amide bonds. The van der Waals surface area contributed by atoms with Crippen molar-refractivity contribution in [2.75, 3.05) is 39.3 Å². The van der Waals surface area contributed by atoms with Crippen molar-refractivity contribution in [1.29, 1.82) is 0 Å². The van der Waals surface area contributed by atoms with Gasteiger partial charge in [-0.15, -0.1) is 0 Å². The Kier molecular flexibility index (Phi) is 14.2. The topological polar surface area (TPSA) is 146 Å². The number of aliphatic hydroxyl groups is 1. The van der Waals surface area contributed by atoms with Crippen LogP contribution in [0.2, 0.25) is 0 Å². The van der Waals surface area contributed by atoms with E-state index in [4.69, 9.17) is 10.5 Å². The highest BCUT2D eigenvalue weighted by molar-refractivity contribution is 5.88. The van der Waals surface area contributed by atoms with Gasteiger partial charge in [0.2, 0.25) is 0 Å². The van der Waals surface area contributed by atoms with Crippen molar-refractivity contribution in [2.24, 2.45) is 46.2 Å². The molecular weight excluding hydrogens is 604 g/mol. The molecule has 274 valence electrons. The molecule has 0 bridgehead atoms. The Hall–Kier alpha value is -1.78. The number of hydrogen-bond acceptors (Lipinski definition) is 8. The summed E-state index contributed by atoms with van der Waals surface area (Å²) in [5.41, 5.74) is 7.65. The van der Waals surface area contributed by atoms with Crippen LogP contribution < -0.4 is 21.7 Å². The van der Waals surface area contributed by atoms with Crippen molar-refractivity contribution in [3.05, 3.63) is 22.8 Å². The Labute approximate surface area is 290 Å². The number of carboxylic acids is 1. The second kappa shape index (κ2) is 17.4. The van der Waals surface area contributed by atoms with Crippen molar-refractivity contribution in [3.63, 3.8) is 0 Å². The van der Waals surface area contributed by atoms with Crippen molar-refractivity contribution in [1.82, 2.24) is 16.0 Å². The fourth-order valence-electron chi connectivity index (χ4n) is 10.9. The van der Waals surface area contributed by atoms with Crippen molar-refractivity contribution in [2.45, 2.75) is 130 Å². The van der Waals surface area contributed by atoms with Crippen LogP contribution in [0.5, 0.6) is 0 Å². The molecule has 4 aliphatic carbocycles. The highest BCUT2D eigenvalue weighted by Crippen LogP contribution is 2.69. The summed E-state index contributed by atoms with van der Waals surface area (Å²) in [4.78, 5) is 25.1. The number of nitrogens with two attached hydrogens (primary N) is 1. The minimum absolute atomic E-state index is 0.0239. The molecule has 0 radical (unpaired) electrons. The number of hydrogen-bond donors (Lipinski definition) is 6. The van der Waals surface area contributed by atoms with Gasteiger partial charge in [-0.3, -0.25) is 4.79 Å². The third kappa shape index (κ3) is 8.74. The number of aliphatic hydroxyl groups excluding tert-OH is 1. The van der Waals surface area contributed by atoms with Crippen LogP contribution in [0.15, 0.2) is 22.8 Å². The van der Waals surface area contributed by atoms with Crippen LogP contribution in [0.25, 0.3) is 0 Å². The zero-order valence-electron chi connectivity index (χ0n) is 30.9. The number of aliphatic carboxylic acids is 1. The van der Waals surface area contributed by atoms with Gasteiger partial charge in [0.1, 0.15) is 6.10 Å². The predicted octanol–water partition coefficient (Wildman–Crippen LogP) is 5.18. The minimum atomic E-state index is -0.928. The van der Waals surface area contributed by atoms with Gasteiger partial charge in [-0.2, -0.15) is 0 Å². The van der Waals surface area contributed by atoms with E-state index in [0.717, 1.165) is 95.4 Å². The summed E-state index contributed by atoms with van der Waals surface area (Å²) in [6.45, 7) is 18.5. The molecule has 9 nitrogen and oxygen atoms in total. The van der Waals surface area contributed by atoms with Gasteiger partial charge in [-0.05, 0) is 170 Å². The van der Waals surface area contributed by atoms with E-state index in [2.05, 4.69) is 42.8 Å². The number of nitrogens with one attached hydrogen (secondary N) is 3. The largest absolute Gasteiger partial charge is 0.478 e. The molecule has 9 heteroatoms. The number of ether oxygens (including phenoxy) is 1. The van der Waals surface area contributed by atoms with E-state index in [9.17, 15) is 19.8 Å². The highest BCUT2D eigenvalue weighted by Gasteiger charge is 2.66. The Balaban J connectivity index is 1.42. The number of carbonyl (C=O) groups excluding carboxylic acids is 1. The molecule has 0 spiro atoms. The maximum Gasteiger partial charge on any atom is 0.331 e. The predicted molar refractivity (Wildman–Crippen MR) is 192 cm³/mol. The van der Waals surface area contributed by atoms with Gasteiger partial charge in [0.25, 0.3) is 0 Å². The molecule has 10 atom stereocenters. The number of esters is 1. The number of carbonyl (C=O) groups is 2. The Morgan fingerprint density at radius 2 is 1.60 bits per heavy atom. The third-order valence-corrected chi connectivity index (χ3v) is 13.0. The molecule has 4 fully saturated rings. The van der Waals surface area contributed by atoms with Crippen LogP contribution in [0.1, 0.15) is 112 Å². The normalized spacial score (nSPS) is 36.8. The Bertz CT molecular complexity index is 1150. The Morgan fingerprint density at radius 3 is 2.23 bits per heavy atom. The van der Waals surface area contributed by atoms with Crippen molar-refractivity contribution >= 4 is 11.9 Å². The molecule has 4 rings (SSSR count). The minimum Gasteiger partial charge on any atom is -0.478 e. The maximum atomic E-state index is 12.7. The van der Waals surface area contributed by atoms with Crippen LogP contribution in [0.4, 0.5) is 0 Å². The van der Waals surface area contributed by atoms with Crippen LogP contribution >= 0.6 is 0 Å². The Morgan fingerprint density at radius 1 is 0.958 bits per heavy atom. The summed E-state index contributed by atoms with van der Waals surface area (Å²) in [5.74, 6) is 0.0692. The molecule has 6 unspecified atom stereocenters. The fourth-order valence-corrected chi connectivity index (χ4v) is 10.9.